The number of nitrogens with one attached hydrogen (secondary N) is 1. The Bertz CT molecular complexity index is 974. The standard InChI is InChI=1S/C20H14BrClN2O3/c1-3-8-27-18-6-4-15(21)10-13(18)9-14(12-23)20(25)24-17-11-16(22)5-7-19(17)26-2/h1,4-7,9-11H,8H2,2H3,(H,24,25)/b14-9+. The van der Waals surface area contributed by atoms with Crippen molar-refractivity contribution in [2.75, 3.05) is 19.0 Å². The first-order valence-corrected chi connectivity index (χ1v) is 8.78. The molecule has 0 heterocycles. The van der Waals surface area contributed by atoms with Gasteiger partial charge in [-0.15, -0.1) is 6.42 Å². The molecule has 0 radical (unpaired) electrons. The van der Waals surface area contributed by atoms with Gasteiger partial charge in [0, 0.05) is 15.1 Å². The summed E-state index contributed by atoms with van der Waals surface area (Å²) in [6, 6.07) is 11.9. The van der Waals surface area contributed by atoms with E-state index < -0.39 is 5.91 Å². The van der Waals surface area contributed by atoms with Gasteiger partial charge in [0.2, 0.25) is 0 Å². The minimum Gasteiger partial charge on any atom is -0.495 e. The summed E-state index contributed by atoms with van der Waals surface area (Å²) in [4.78, 5) is 12.6. The molecule has 0 unspecified atom stereocenters. The molecule has 1 amide bonds. The van der Waals surface area contributed by atoms with E-state index in [-0.39, 0.29) is 12.2 Å². The summed E-state index contributed by atoms with van der Waals surface area (Å²) in [5.74, 6) is 2.64. The van der Waals surface area contributed by atoms with Gasteiger partial charge in [0.25, 0.3) is 5.91 Å². The Kier molecular flexibility index (Phi) is 7.31. The summed E-state index contributed by atoms with van der Waals surface area (Å²) in [5, 5.41) is 12.5. The fourth-order valence-electron chi connectivity index (χ4n) is 2.15. The zero-order valence-electron chi connectivity index (χ0n) is 14.3. The van der Waals surface area contributed by atoms with Crippen LogP contribution in [0.15, 0.2) is 46.4 Å². The van der Waals surface area contributed by atoms with Gasteiger partial charge in [0.05, 0.1) is 12.8 Å². The predicted molar refractivity (Wildman–Crippen MR) is 109 cm³/mol. The first-order chi connectivity index (χ1) is 13.0. The number of carbonyl (C=O) groups is 1. The number of benzene rings is 2. The zero-order chi connectivity index (χ0) is 19.8. The second kappa shape index (κ2) is 9.68. The Hall–Kier alpha value is -2.93. The molecule has 7 heteroatoms. The Morgan fingerprint density at radius 2 is 2.07 bits per heavy atom. The number of carbonyl (C=O) groups excluding carboxylic acids is 1. The summed E-state index contributed by atoms with van der Waals surface area (Å²) < 4.78 is 11.4. The number of amides is 1. The zero-order valence-corrected chi connectivity index (χ0v) is 16.6. The van der Waals surface area contributed by atoms with Crippen LogP contribution in [0.4, 0.5) is 5.69 Å². The highest BCUT2D eigenvalue weighted by molar-refractivity contribution is 9.10. The number of hydrogen-bond acceptors (Lipinski definition) is 4. The van der Waals surface area contributed by atoms with Crippen LogP contribution in [0, 0.1) is 23.7 Å². The molecule has 0 aliphatic rings. The Labute approximate surface area is 170 Å². The number of anilines is 1. The van der Waals surface area contributed by atoms with Crippen molar-refractivity contribution in [2.45, 2.75) is 0 Å². The van der Waals surface area contributed by atoms with Crippen LogP contribution in [0.2, 0.25) is 5.02 Å². The quantitative estimate of drug-likeness (QED) is 0.398. The van der Waals surface area contributed by atoms with Crippen LogP contribution in [-0.2, 0) is 4.79 Å². The molecule has 0 spiro atoms. The SMILES string of the molecule is C#CCOc1ccc(Br)cc1/C=C(\C#N)C(=O)Nc1cc(Cl)ccc1OC. The lowest BCUT2D eigenvalue weighted by atomic mass is 10.1. The number of terminal acetylenes is 1. The molecular formula is C20H14BrClN2O3. The van der Waals surface area contributed by atoms with E-state index in [1.807, 2.05) is 6.07 Å². The number of rotatable bonds is 6. The van der Waals surface area contributed by atoms with E-state index in [0.717, 1.165) is 4.47 Å². The predicted octanol–water partition coefficient (Wildman–Crippen LogP) is 4.67. The number of halogens is 2. The molecule has 27 heavy (non-hydrogen) atoms. The molecule has 2 aromatic carbocycles. The number of methoxy groups -OCH3 is 1. The average molecular weight is 446 g/mol. The van der Waals surface area contributed by atoms with Crippen molar-refractivity contribution < 1.29 is 14.3 Å². The number of nitrogens with zero attached hydrogens (tertiary/aromatic N) is 1. The fourth-order valence-corrected chi connectivity index (χ4v) is 2.71. The van der Waals surface area contributed by atoms with E-state index >= 15 is 0 Å². The topological polar surface area (TPSA) is 71.3 Å². The maximum absolute atomic E-state index is 12.6. The van der Waals surface area contributed by atoms with Crippen LogP contribution in [0.3, 0.4) is 0 Å². The number of ether oxygens (including phenoxy) is 2. The maximum atomic E-state index is 12.6. The van der Waals surface area contributed by atoms with E-state index in [0.29, 0.717) is 27.8 Å². The van der Waals surface area contributed by atoms with Gasteiger partial charge in [-0.2, -0.15) is 5.26 Å². The molecule has 0 aliphatic carbocycles. The van der Waals surface area contributed by atoms with E-state index in [2.05, 4.69) is 27.2 Å². The third-order valence-corrected chi connectivity index (χ3v) is 4.09. The van der Waals surface area contributed by atoms with Crippen LogP contribution in [0.5, 0.6) is 11.5 Å². The average Bonchev–Trinajstić information content (AvgIpc) is 2.65. The lowest BCUT2D eigenvalue weighted by Gasteiger charge is -2.11. The summed E-state index contributed by atoms with van der Waals surface area (Å²) in [5.41, 5.74) is 0.763. The van der Waals surface area contributed by atoms with Crippen LogP contribution in [-0.4, -0.2) is 19.6 Å². The molecule has 1 N–H and O–H groups in total. The number of hydrogen-bond donors (Lipinski definition) is 1. The van der Waals surface area contributed by atoms with Crippen LogP contribution < -0.4 is 14.8 Å². The lowest BCUT2D eigenvalue weighted by molar-refractivity contribution is -0.112. The van der Waals surface area contributed by atoms with Crippen molar-refractivity contribution in [1.82, 2.24) is 0 Å². The van der Waals surface area contributed by atoms with E-state index in [4.69, 9.17) is 27.5 Å². The monoisotopic (exact) mass is 444 g/mol. The molecule has 0 aliphatic heterocycles. The third kappa shape index (κ3) is 5.52. The summed E-state index contributed by atoms with van der Waals surface area (Å²) in [6.45, 7) is 0.0657. The van der Waals surface area contributed by atoms with Gasteiger partial charge in [0.15, 0.2) is 0 Å². The van der Waals surface area contributed by atoms with Crippen molar-refractivity contribution >= 4 is 45.2 Å². The van der Waals surface area contributed by atoms with Gasteiger partial charge < -0.3 is 14.8 Å². The third-order valence-electron chi connectivity index (χ3n) is 3.36. The molecule has 5 nitrogen and oxygen atoms in total. The van der Waals surface area contributed by atoms with Crippen LogP contribution >= 0.6 is 27.5 Å². The molecular weight excluding hydrogens is 432 g/mol. The van der Waals surface area contributed by atoms with Gasteiger partial charge in [-0.1, -0.05) is 33.5 Å². The molecule has 0 atom stereocenters. The smallest absolute Gasteiger partial charge is 0.266 e. The Balaban J connectivity index is 2.36. The summed E-state index contributed by atoms with van der Waals surface area (Å²) in [6.07, 6.45) is 6.64. The van der Waals surface area contributed by atoms with Crippen molar-refractivity contribution in [3.05, 3.63) is 57.0 Å². The second-order valence-corrected chi connectivity index (χ2v) is 6.50. The lowest BCUT2D eigenvalue weighted by Crippen LogP contribution is -2.14. The van der Waals surface area contributed by atoms with E-state index in [1.165, 1.54) is 19.3 Å². The molecule has 0 saturated heterocycles. The van der Waals surface area contributed by atoms with Gasteiger partial charge in [-0.05, 0) is 42.5 Å². The molecule has 2 rings (SSSR count). The van der Waals surface area contributed by atoms with Crippen molar-refractivity contribution in [1.29, 1.82) is 5.26 Å². The minimum absolute atomic E-state index is 0.0657. The largest absolute Gasteiger partial charge is 0.495 e. The van der Waals surface area contributed by atoms with Gasteiger partial charge >= 0.3 is 0 Å². The molecule has 2 aromatic rings. The normalized spacial score (nSPS) is 10.5. The van der Waals surface area contributed by atoms with Crippen LogP contribution in [0.1, 0.15) is 5.56 Å². The molecule has 0 bridgehead atoms. The van der Waals surface area contributed by atoms with E-state index in [9.17, 15) is 10.1 Å². The van der Waals surface area contributed by atoms with Crippen molar-refractivity contribution in [2.24, 2.45) is 0 Å². The second-order valence-electron chi connectivity index (χ2n) is 5.14. The molecule has 0 fully saturated rings. The van der Waals surface area contributed by atoms with Crippen molar-refractivity contribution in [3.8, 4) is 29.9 Å². The highest BCUT2D eigenvalue weighted by Crippen LogP contribution is 2.29. The number of nitriles is 1. The Morgan fingerprint density at radius 3 is 2.74 bits per heavy atom. The fraction of sp³-hybridized carbons (Fsp3) is 0.100. The van der Waals surface area contributed by atoms with Gasteiger partial charge in [-0.3, -0.25) is 4.79 Å². The summed E-state index contributed by atoms with van der Waals surface area (Å²) >= 11 is 9.32. The van der Waals surface area contributed by atoms with E-state index in [1.54, 1.807) is 30.3 Å². The summed E-state index contributed by atoms with van der Waals surface area (Å²) in [7, 11) is 1.47. The molecule has 0 saturated carbocycles. The molecule has 136 valence electrons. The minimum atomic E-state index is -0.610. The van der Waals surface area contributed by atoms with Gasteiger partial charge in [-0.25, -0.2) is 0 Å². The Morgan fingerprint density at radius 1 is 1.33 bits per heavy atom. The maximum Gasteiger partial charge on any atom is 0.266 e. The van der Waals surface area contributed by atoms with Crippen LogP contribution in [0.25, 0.3) is 6.08 Å². The van der Waals surface area contributed by atoms with Gasteiger partial charge in [0.1, 0.15) is 29.7 Å². The first-order valence-electron chi connectivity index (χ1n) is 7.61. The first kappa shape index (κ1) is 20.4. The highest BCUT2D eigenvalue weighted by atomic mass is 79.9. The highest BCUT2D eigenvalue weighted by Gasteiger charge is 2.14. The molecule has 0 aromatic heterocycles. The van der Waals surface area contributed by atoms with Crippen molar-refractivity contribution in [3.63, 3.8) is 0 Å².